The van der Waals surface area contributed by atoms with Gasteiger partial charge in [0.2, 0.25) is 0 Å². The number of para-hydroxylation sites is 1. The minimum atomic E-state index is -0.533. The summed E-state index contributed by atoms with van der Waals surface area (Å²) in [6.07, 6.45) is -0.533. The zero-order chi connectivity index (χ0) is 29.7. The lowest BCUT2D eigenvalue weighted by molar-refractivity contribution is 0.0373. The van der Waals surface area contributed by atoms with Crippen LogP contribution in [0.4, 0.5) is 21.0 Å². The second kappa shape index (κ2) is 12.9. The SMILES string of the molecule is CC(C)NC(=O)Nc1cccc2c1O[C@@H](CN(C)C(=O)Nc1cccc3ccccc13)[C@H](C)CN([C@H](C)CO)C2=O. The Labute approximate surface area is 240 Å². The van der Waals surface area contributed by atoms with Gasteiger partial charge in [-0.25, -0.2) is 9.59 Å². The van der Waals surface area contributed by atoms with Gasteiger partial charge in [0.25, 0.3) is 5.91 Å². The van der Waals surface area contributed by atoms with Crippen LogP contribution in [0.3, 0.4) is 0 Å². The Balaban J connectivity index is 1.63. The van der Waals surface area contributed by atoms with E-state index in [9.17, 15) is 19.5 Å². The molecule has 0 bridgehead atoms. The molecule has 0 fully saturated rings. The van der Waals surface area contributed by atoms with E-state index < -0.39 is 18.2 Å². The average Bonchev–Trinajstić information content (AvgIpc) is 2.94. The fourth-order valence-corrected chi connectivity index (χ4v) is 4.88. The predicted molar refractivity (Wildman–Crippen MR) is 160 cm³/mol. The number of benzene rings is 3. The summed E-state index contributed by atoms with van der Waals surface area (Å²) in [7, 11) is 1.69. The molecule has 0 saturated carbocycles. The molecule has 0 spiro atoms. The van der Waals surface area contributed by atoms with Gasteiger partial charge in [-0.15, -0.1) is 0 Å². The quantitative estimate of drug-likeness (QED) is 0.331. The summed E-state index contributed by atoms with van der Waals surface area (Å²) in [6, 6.07) is 17.3. The topological polar surface area (TPSA) is 123 Å². The van der Waals surface area contributed by atoms with Crippen molar-refractivity contribution in [2.45, 2.75) is 45.9 Å². The van der Waals surface area contributed by atoms with Gasteiger partial charge in [0.15, 0.2) is 5.75 Å². The van der Waals surface area contributed by atoms with Crippen LogP contribution < -0.4 is 20.7 Å². The summed E-state index contributed by atoms with van der Waals surface area (Å²) >= 11 is 0. The Hall–Kier alpha value is -4.31. The molecule has 10 heteroatoms. The van der Waals surface area contributed by atoms with Crippen LogP contribution in [-0.2, 0) is 0 Å². The first-order valence-corrected chi connectivity index (χ1v) is 13.9. The molecule has 41 heavy (non-hydrogen) atoms. The van der Waals surface area contributed by atoms with Crippen LogP contribution in [0.1, 0.15) is 38.1 Å². The third-order valence-electron chi connectivity index (χ3n) is 7.19. The summed E-state index contributed by atoms with van der Waals surface area (Å²) in [4.78, 5) is 42.7. The van der Waals surface area contributed by atoms with Gasteiger partial charge in [-0.1, -0.05) is 49.4 Å². The average molecular weight is 562 g/mol. The first-order chi connectivity index (χ1) is 19.6. The largest absolute Gasteiger partial charge is 0.485 e. The number of hydrogen-bond acceptors (Lipinski definition) is 5. The van der Waals surface area contributed by atoms with Crippen molar-refractivity contribution in [3.8, 4) is 5.75 Å². The van der Waals surface area contributed by atoms with E-state index in [4.69, 9.17) is 4.74 Å². The van der Waals surface area contributed by atoms with Crippen molar-refractivity contribution in [2.75, 3.05) is 37.4 Å². The van der Waals surface area contributed by atoms with E-state index in [0.29, 0.717) is 17.9 Å². The highest BCUT2D eigenvalue weighted by molar-refractivity contribution is 6.02. The van der Waals surface area contributed by atoms with Gasteiger partial charge in [-0.2, -0.15) is 0 Å². The number of rotatable bonds is 7. The van der Waals surface area contributed by atoms with Gasteiger partial charge in [-0.3, -0.25) is 4.79 Å². The second-order valence-corrected chi connectivity index (χ2v) is 10.9. The molecule has 0 aromatic heterocycles. The van der Waals surface area contributed by atoms with Crippen LogP contribution in [-0.4, -0.2) is 77.8 Å². The van der Waals surface area contributed by atoms with Crippen molar-refractivity contribution < 1.29 is 24.2 Å². The Bertz CT molecular complexity index is 1410. The number of urea groups is 2. The zero-order valence-corrected chi connectivity index (χ0v) is 24.2. The molecule has 0 aliphatic carbocycles. The molecule has 1 aliphatic rings. The van der Waals surface area contributed by atoms with Gasteiger partial charge in [0, 0.05) is 30.9 Å². The normalized spacial score (nSPS) is 17.6. The van der Waals surface area contributed by atoms with E-state index in [1.54, 1.807) is 42.0 Å². The lowest BCUT2D eigenvalue weighted by Crippen LogP contribution is -2.50. The maximum Gasteiger partial charge on any atom is 0.321 e. The molecular formula is C31H39N5O5. The van der Waals surface area contributed by atoms with E-state index in [1.807, 2.05) is 63.2 Å². The Morgan fingerprint density at radius 2 is 1.71 bits per heavy atom. The van der Waals surface area contributed by atoms with E-state index in [1.165, 1.54) is 0 Å². The number of amides is 5. The van der Waals surface area contributed by atoms with Crippen molar-refractivity contribution in [1.29, 1.82) is 0 Å². The third-order valence-corrected chi connectivity index (χ3v) is 7.19. The van der Waals surface area contributed by atoms with Crippen LogP contribution in [0.2, 0.25) is 0 Å². The zero-order valence-electron chi connectivity index (χ0n) is 24.2. The number of fused-ring (bicyclic) bond motifs is 2. The van der Waals surface area contributed by atoms with E-state index in [-0.39, 0.29) is 48.4 Å². The molecule has 3 aromatic rings. The van der Waals surface area contributed by atoms with Crippen LogP contribution >= 0.6 is 0 Å². The number of nitrogens with zero attached hydrogens (tertiary/aromatic N) is 2. The molecular weight excluding hydrogens is 522 g/mol. The lowest BCUT2D eigenvalue weighted by atomic mass is 9.99. The molecule has 0 radical (unpaired) electrons. The number of hydrogen-bond donors (Lipinski definition) is 4. The molecule has 0 saturated heterocycles. The maximum absolute atomic E-state index is 13.6. The number of carbonyl (C=O) groups excluding carboxylic acids is 3. The van der Waals surface area contributed by atoms with Crippen molar-refractivity contribution >= 4 is 40.1 Å². The Morgan fingerprint density at radius 3 is 2.44 bits per heavy atom. The molecule has 4 N–H and O–H groups in total. The third kappa shape index (κ3) is 6.89. The maximum atomic E-state index is 13.6. The van der Waals surface area contributed by atoms with Crippen molar-refractivity contribution in [3.05, 3.63) is 66.2 Å². The lowest BCUT2D eigenvalue weighted by Gasteiger charge is -2.38. The number of likely N-dealkylation sites (N-methyl/N-ethyl adjacent to an activating group) is 1. The number of aliphatic hydroxyl groups is 1. The molecule has 10 nitrogen and oxygen atoms in total. The van der Waals surface area contributed by atoms with Crippen LogP contribution in [0.25, 0.3) is 10.8 Å². The number of ether oxygens (including phenoxy) is 1. The van der Waals surface area contributed by atoms with Gasteiger partial charge >= 0.3 is 12.1 Å². The smallest absolute Gasteiger partial charge is 0.321 e. The highest BCUT2D eigenvalue weighted by atomic mass is 16.5. The van der Waals surface area contributed by atoms with Crippen molar-refractivity contribution in [1.82, 2.24) is 15.1 Å². The van der Waals surface area contributed by atoms with Gasteiger partial charge in [0.05, 0.1) is 36.1 Å². The Morgan fingerprint density at radius 1 is 1.02 bits per heavy atom. The van der Waals surface area contributed by atoms with Gasteiger partial charge in [-0.05, 0) is 44.4 Å². The summed E-state index contributed by atoms with van der Waals surface area (Å²) in [5, 5.41) is 20.4. The van der Waals surface area contributed by atoms with Gasteiger partial charge < -0.3 is 35.6 Å². The number of nitrogens with one attached hydrogen (secondary N) is 3. The number of aliphatic hydroxyl groups excluding tert-OH is 1. The molecule has 1 aliphatic heterocycles. The molecule has 5 amide bonds. The van der Waals surface area contributed by atoms with Crippen LogP contribution in [0, 0.1) is 5.92 Å². The van der Waals surface area contributed by atoms with E-state index in [0.717, 1.165) is 10.8 Å². The summed E-state index contributed by atoms with van der Waals surface area (Å²) in [5.41, 5.74) is 1.31. The molecule has 3 atom stereocenters. The number of carbonyl (C=O) groups is 3. The highest BCUT2D eigenvalue weighted by Crippen LogP contribution is 2.35. The van der Waals surface area contributed by atoms with Gasteiger partial charge in [0.1, 0.15) is 6.10 Å². The minimum absolute atomic E-state index is 0.0920. The first-order valence-electron chi connectivity index (χ1n) is 13.9. The molecule has 4 rings (SSSR count). The summed E-state index contributed by atoms with van der Waals surface area (Å²) in [6.45, 7) is 7.73. The fraction of sp³-hybridized carbons (Fsp3) is 0.387. The van der Waals surface area contributed by atoms with Crippen LogP contribution in [0.15, 0.2) is 60.7 Å². The predicted octanol–water partition coefficient (Wildman–Crippen LogP) is 4.75. The van der Waals surface area contributed by atoms with E-state index in [2.05, 4.69) is 16.0 Å². The summed E-state index contributed by atoms with van der Waals surface area (Å²) in [5.74, 6) is -0.292. The monoisotopic (exact) mass is 561 g/mol. The molecule has 218 valence electrons. The second-order valence-electron chi connectivity index (χ2n) is 10.9. The summed E-state index contributed by atoms with van der Waals surface area (Å²) < 4.78 is 6.49. The molecule has 0 unspecified atom stereocenters. The van der Waals surface area contributed by atoms with Crippen molar-refractivity contribution in [3.63, 3.8) is 0 Å². The highest BCUT2D eigenvalue weighted by Gasteiger charge is 2.35. The van der Waals surface area contributed by atoms with E-state index >= 15 is 0 Å². The number of anilines is 2. The first kappa shape index (κ1) is 29.7. The van der Waals surface area contributed by atoms with Crippen molar-refractivity contribution in [2.24, 2.45) is 5.92 Å². The molecule has 3 aromatic carbocycles. The van der Waals surface area contributed by atoms with Crippen LogP contribution in [0.5, 0.6) is 5.75 Å². The fourth-order valence-electron chi connectivity index (χ4n) is 4.88. The standard InChI is InChI=1S/C31H39N5O5/c1-19(2)32-30(39)33-26-15-9-13-24-28(26)41-27(20(3)16-36(29(24)38)21(4)18-37)17-35(5)31(40)34-25-14-8-11-22-10-6-7-12-23(22)25/h6-15,19-21,27,37H,16-18H2,1-5H3,(H,34,40)(H2,32,33,39)/t20-,21-,27+/m1/s1. The molecule has 1 heterocycles. The Kier molecular flexibility index (Phi) is 9.34. The minimum Gasteiger partial charge on any atom is -0.485 e.